The Morgan fingerprint density at radius 3 is 1.53 bits per heavy atom. The molecular formula is C16H5F17N2OS2. The van der Waals surface area contributed by atoms with Gasteiger partial charge < -0.3 is 0 Å². The molecule has 3 nitrogen and oxygen atoms in total. The standard InChI is InChI=1S/C16H5F17N2OS2/c17-9(18,7(36)35-8-34-5(4-38-8)6-2-1-3-37-6)10(19,20)11(21,22)12(23,24)13(25,26)14(27,28)15(29,30)16(31,32)33/h1-4H,(H,34,35,36). The normalized spacial score (nSPS) is 15.1. The minimum atomic E-state index is -8.76. The molecular weight excluding hydrogens is 623 g/mol. The summed E-state index contributed by atoms with van der Waals surface area (Å²) in [7, 11) is 0. The van der Waals surface area contributed by atoms with Crippen molar-refractivity contribution in [2.75, 3.05) is 5.32 Å². The molecule has 0 atom stereocenters. The summed E-state index contributed by atoms with van der Waals surface area (Å²) in [5.41, 5.74) is -0.125. The number of anilines is 1. The number of aromatic nitrogens is 1. The number of thiazole rings is 1. The van der Waals surface area contributed by atoms with E-state index in [0.29, 0.717) is 0 Å². The van der Waals surface area contributed by atoms with Gasteiger partial charge in [-0.2, -0.15) is 74.6 Å². The molecule has 0 spiro atoms. The van der Waals surface area contributed by atoms with Crippen molar-refractivity contribution in [3.05, 3.63) is 22.9 Å². The maximum absolute atomic E-state index is 13.9. The highest BCUT2D eigenvalue weighted by molar-refractivity contribution is 7.16. The Kier molecular flexibility index (Phi) is 7.61. The fourth-order valence-electron chi connectivity index (χ4n) is 2.35. The third-order valence-corrected chi connectivity index (χ3v) is 6.16. The van der Waals surface area contributed by atoms with Crippen molar-refractivity contribution in [3.63, 3.8) is 0 Å². The number of hydrogen-bond acceptors (Lipinski definition) is 4. The Bertz CT molecular complexity index is 1150. The van der Waals surface area contributed by atoms with E-state index in [1.165, 1.54) is 17.5 Å². The molecule has 2 aromatic rings. The predicted molar refractivity (Wildman–Crippen MR) is 94.7 cm³/mol. The Morgan fingerprint density at radius 1 is 0.658 bits per heavy atom. The van der Waals surface area contributed by atoms with E-state index in [1.54, 1.807) is 0 Å². The van der Waals surface area contributed by atoms with Crippen molar-refractivity contribution in [2.24, 2.45) is 0 Å². The molecule has 1 amide bonds. The van der Waals surface area contributed by atoms with Crippen LogP contribution in [0.4, 0.5) is 79.8 Å². The van der Waals surface area contributed by atoms with Crippen molar-refractivity contribution < 1.29 is 79.4 Å². The van der Waals surface area contributed by atoms with E-state index in [0.717, 1.165) is 22.0 Å². The molecule has 0 fully saturated rings. The van der Waals surface area contributed by atoms with Crippen molar-refractivity contribution in [2.45, 2.75) is 47.6 Å². The number of alkyl halides is 17. The third-order valence-electron chi connectivity index (χ3n) is 4.51. The van der Waals surface area contributed by atoms with E-state index in [4.69, 9.17) is 0 Å². The van der Waals surface area contributed by atoms with E-state index in [-0.39, 0.29) is 21.9 Å². The van der Waals surface area contributed by atoms with E-state index >= 15 is 0 Å². The molecule has 216 valence electrons. The molecule has 0 saturated heterocycles. The Labute approximate surface area is 205 Å². The van der Waals surface area contributed by atoms with Gasteiger partial charge in [0, 0.05) is 5.38 Å². The first-order chi connectivity index (χ1) is 16.7. The molecule has 2 heterocycles. The SMILES string of the molecule is O=C(Nc1nc(-c2cccs2)cs1)C(F)(F)C(F)(F)C(F)(F)C(F)(F)C(F)(F)C(F)(F)C(F)(F)C(F)(F)F. The first kappa shape index (κ1) is 31.8. The quantitative estimate of drug-likeness (QED) is 0.288. The number of hydrogen-bond donors (Lipinski definition) is 1. The molecule has 0 aliphatic carbocycles. The molecule has 0 radical (unpaired) electrons. The molecule has 0 aliphatic rings. The van der Waals surface area contributed by atoms with Crippen LogP contribution in [-0.4, -0.2) is 58.5 Å². The summed E-state index contributed by atoms with van der Waals surface area (Å²) >= 11 is 1.13. The summed E-state index contributed by atoms with van der Waals surface area (Å²) in [6.07, 6.45) is -7.84. The van der Waals surface area contributed by atoms with Crippen molar-refractivity contribution >= 4 is 33.7 Å². The van der Waals surface area contributed by atoms with Gasteiger partial charge in [-0.05, 0) is 11.4 Å². The summed E-state index contributed by atoms with van der Waals surface area (Å²) < 4.78 is 225. The average Bonchev–Trinajstić information content (AvgIpc) is 3.43. The minimum absolute atomic E-state index is 0.125. The smallest absolute Gasteiger partial charge is 0.296 e. The monoisotopic (exact) mass is 628 g/mol. The molecule has 1 N–H and O–H groups in total. The largest absolute Gasteiger partial charge is 0.460 e. The molecule has 0 bridgehead atoms. The Morgan fingerprint density at radius 2 is 1.11 bits per heavy atom. The third kappa shape index (κ3) is 4.35. The fraction of sp³-hybridized carbons (Fsp3) is 0.500. The van der Waals surface area contributed by atoms with Gasteiger partial charge in [0.1, 0.15) is 0 Å². The van der Waals surface area contributed by atoms with Gasteiger partial charge in [0.25, 0.3) is 0 Å². The number of halogens is 17. The van der Waals surface area contributed by atoms with Gasteiger partial charge in [0.05, 0.1) is 10.6 Å². The van der Waals surface area contributed by atoms with Crippen LogP contribution in [0.25, 0.3) is 10.6 Å². The van der Waals surface area contributed by atoms with Gasteiger partial charge in [0.2, 0.25) is 0 Å². The number of rotatable bonds is 9. The number of amides is 1. The van der Waals surface area contributed by atoms with Crippen LogP contribution in [0.15, 0.2) is 22.9 Å². The maximum atomic E-state index is 13.9. The maximum Gasteiger partial charge on any atom is 0.460 e. The molecule has 0 saturated carbocycles. The zero-order valence-electron chi connectivity index (χ0n) is 16.9. The second kappa shape index (κ2) is 9.08. The predicted octanol–water partition coefficient (Wildman–Crippen LogP) is 7.82. The number of nitrogens with zero attached hydrogens (tertiary/aromatic N) is 1. The first-order valence-electron chi connectivity index (χ1n) is 8.74. The topological polar surface area (TPSA) is 42.0 Å². The van der Waals surface area contributed by atoms with Gasteiger partial charge in [0.15, 0.2) is 5.13 Å². The van der Waals surface area contributed by atoms with Gasteiger partial charge in [-0.25, -0.2) is 4.98 Å². The van der Waals surface area contributed by atoms with E-state index in [2.05, 4.69) is 4.98 Å². The second-order valence-electron chi connectivity index (χ2n) is 6.99. The number of carbonyl (C=O) groups is 1. The number of carbonyl (C=O) groups excluding carboxylic acids is 1. The van der Waals surface area contributed by atoms with E-state index < -0.39 is 58.7 Å². The molecule has 2 rings (SSSR count). The van der Waals surface area contributed by atoms with Crippen LogP contribution < -0.4 is 5.32 Å². The Hall–Kier alpha value is -2.39. The first-order valence-corrected chi connectivity index (χ1v) is 10.5. The zero-order chi connectivity index (χ0) is 30.0. The highest BCUT2D eigenvalue weighted by Gasteiger charge is 2.95. The Balaban J connectivity index is 2.47. The van der Waals surface area contributed by atoms with Crippen LogP contribution in [0.3, 0.4) is 0 Å². The van der Waals surface area contributed by atoms with Crippen LogP contribution >= 0.6 is 22.7 Å². The van der Waals surface area contributed by atoms with E-state index in [1.807, 2.05) is 0 Å². The van der Waals surface area contributed by atoms with Crippen LogP contribution in [0.5, 0.6) is 0 Å². The lowest BCUT2D eigenvalue weighted by atomic mass is 9.89. The lowest BCUT2D eigenvalue weighted by Crippen LogP contribution is -2.75. The highest BCUT2D eigenvalue weighted by atomic mass is 32.1. The number of nitrogens with one attached hydrogen (secondary N) is 1. The summed E-state index contributed by atoms with van der Waals surface area (Å²) in [6, 6.07) is 2.79. The van der Waals surface area contributed by atoms with Crippen molar-refractivity contribution in [1.29, 1.82) is 0 Å². The zero-order valence-corrected chi connectivity index (χ0v) is 18.5. The molecule has 0 unspecified atom stereocenters. The average molecular weight is 628 g/mol. The lowest BCUT2D eigenvalue weighted by Gasteiger charge is -2.42. The highest BCUT2D eigenvalue weighted by Crippen LogP contribution is 2.64. The minimum Gasteiger partial charge on any atom is -0.296 e. The van der Waals surface area contributed by atoms with Gasteiger partial charge in [-0.15, -0.1) is 22.7 Å². The summed E-state index contributed by atoms with van der Waals surface area (Å²) in [6.45, 7) is 0. The van der Waals surface area contributed by atoms with Crippen molar-refractivity contribution in [1.82, 2.24) is 4.98 Å². The summed E-state index contributed by atoms with van der Waals surface area (Å²) in [5, 5.41) is 2.12. The van der Waals surface area contributed by atoms with Gasteiger partial charge in [-0.1, -0.05) is 6.07 Å². The van der Waals surface area contributed by atoms with Crippen LogP contribution in [0.1, 0.15) is 0 Å². The summed E-state index contributed by atoms with van der Waals surface area (Å²) in [4.78, 5) is 15.2. The molecule has 0 aromatic carbocycles. The molecule has 22 heteroatoms. The van der Waals surface area contributed by atoms with Gasteiger partial charge in [-0.3, -0.25) is 10.1 Å². The second-order valence-corrected chi connectivity index (χ2v) is 8.79. The summed E-state index contributed by atoms with van der Waals surface area (Å²) in [5.74, 6) is -61.9. The molecule has 2 aromatic heterocycles. The van der Waals surface area contributed by atoms with Crippen LogP contribution in [0, 0.1) is 0 Å². The van der Waals surface area contributed by atoms with Crippen LogP contribution in [-0.2, 0) is 4.79 Å². The van der Waals surface area contributed by atoms with Gasteiger partial charge >= 0.3 is 53.5 Å². The fourth-order valence-corrected chi connectivity index (χ4v) is 3.82. The number of thiophene rings is 1. The lowest BCUT2D eigenvalue weighted by molar-refractivity contribution is -0.459. The molecule has 0 aliphatic heterocycles. The van der Waals surface area contributed by atoms with Crippen LogP contribution in [0.2, 0.25) is 0 Å². The molecule has 38 heavy (non-hydrogen) atoms. The van der Waals surface area contributed by atoms with Crippen molar-refractivity contribution in [3.8, 4) is 10.6 Å². The van der Waals surface area contributed by atoms with E-state index in [9.17, 15) is 79.4 Å².